The van der Waals surface area contributed by atoms with Gasteiger partial charge in [0.15, 0.2) is 11.5 Å². The molecule has 0 bridgehead atoms. The lowest BCUT2D eigenvalue weighted by molar-refractivity contribution is -0.118. The Hall–Kier alpha value is -2.21. The molecule has 2 aromatic rings. The van der Waals surface area contributed by atoms with E-state index in [0.29, 0.717) is 32.7 Å². The molecular formula is C19H19BrN2O3. The molecule has 0 fully saturated rings. The van der Waals surface area contributed by atoms with Crippen molar-refractivity contribution in [3.63, 3.8) is 0 Å². The van der Waals surface area contributed by atoms with E-state index in [1.807, 2.05) is 37.4 Å². The van der Waals surface area contributed by atoms with Gasteiger partial charge in [-0.25, -0.2) is 0 Å². The van der Waals surface area contributed by atoms with E-state index >= 15 is 0 Å². The normalized spacial score (nSPS) is 16.5. The first-order chi connectivity index (χ1) is 12.1. The second-order valence-corrected chi connectivity index (χ2v) is 7.05. The van der Waals surface area contributed by atoms with Gasteiger partial charge in [0, 0.05) is 31.0 Å². The molecule has 0 spiro atoms. The van der Waals surface area contributed by atoms with Gasteiger partial charge in [-0.05, 0) is 29.8 Å². The number of benzene rings is 2. The molecule has 2 aromatic carbocycles. The minimum atomic E-state index is 0.135. The van der Waals surface area contributed by atoms with Crippen LogP contribution in [0.2, 0.25) is 0 Å². The van der Waals surface area contributed by atoms with Crippen molar-refractivity contribution in [3.05, 3.63) is 46.4 Å². The van der Waals surface area contributed by atoms with Gasteiger partial charge in [0.2, 0.25) is 5.91 Å². The van der Waals surface area contributed by atoms with Gasteiger partial charge in [-0.2, -0.15) is 0 Å². The number of fused-ring (bicyclic) bond motifs is 2. The molecule has 5 nitrogen and oxygen atoms in total. The molecule has 0 aliphatic carbocycles. The van der Waals surface area contributed by atoms with Crippen LogP contribution in [-0.4, -0.2) is 32.7 Å². The van der Waals surface area contributed by atoms with Gasteiger partial charge in [-0.3, -0.25) is 4.79 Å². The van der Waals surface area contributed by atoms with E-state index < -0.39 is 0 Å². The molecule has 6 heteroatoms. The summed E-state index contributed by atoms with van der Waals surface area (Å²) in [6.45, 7) is 2.52. The number of carbonyl (C=O) groups excluding carboxylic acids is 1. The maximum absolute atomic E-state index is 12.3. The van der Waals surface area contributed by atoms with Crippen molar-refractivity contribution in [2.45, 2.75) is 13.0 Å². The van der Waals surface area contributed by atoms with Crippen LogP contribution < -0.4 is 19.3 Å². The van der Waals surface area contributed by atoms with Crippen LogP contribution in [0.3, 0.4) is 0 Å². The smallest absolute Gasteiger partial charge is 0.228 e. The second-order valence-electron chi connectivity index (χ2n) is 6.20. The van der Waals surface area contributed by atoms with E-state index in [1.165, 1.54) is 0 Å². The topological polar surface area (TPSA) is 42.0 Å². The SMILES string of the molecule is CN1C(=O)CCN(Cc2cc3c(cc2Br)OCCO3)c2ccccc21. The van der Waals surface area contributed by atoms with E-state index in [9.17, 15) is 4.79 Å². The highest BCUT2D eigenvalue weighted by Gasteiger charge is 2.24. The number of hydrogen-bond acceptors (Lipinski definition) is 4. The predicted octanol–water partition coefficient (Wildman–Crippen LogP) is 3.59. The molecule has 2 aliphatic rings. The van der Waals surface area contributed by atoms with Crippen molar-refractivity contribution < 1.29 is 14.3 Å². The number of amides is 1. The molecular weight excluding hydrogens is 384 g/mol. The quantitative estimate of drug-likeness (QED) is 0.769. The average molecular weight is 403 g/mol. The lowest BCUT2D eigenvalue weighted by Crippen LogP contribution is -2.26. The number of halogens is 1. The monoisotopic (exact) mass is 402 g/mol. The highest BCUT2D eigenvalue weighted by molar-refractivity contribution is 9.10. The Morgan fingerprint density at radius 3 is 2.52 bits per heavy atom. The number of para-hydroxylation sites is 2. The van der Waals surface area contributed by atoms with Crippen LogP contribution in [0.5, 0.6) is 11.5 Å². The first-order valence-corrected chi connectivity index (χ1v) is 9.11. The fourth-order valence-corrected chi connectivity index (χ4v) is 3.71. The van der Waals surface area contributed by atoms with Gasteiger partial charge < -0.3 is 19.3 Å². The summed E-state index contributed by atoms with van der Waals surface area (Å²) in [5.74, 6) is 1.69. The third-order valence-electron chi connectivity index (χ3n) is 4.63. The van der Waals surface area contributed by atoms with E-state index in [-0.39, 0.29) is 5.91 Å². The molecule has 0 unspecified atom stereocenters. The van der Waals surface area contributed by atoms with Crippen LogP contribution in [0.1, 0.15) is 12.0 Å². The van der Waals surface area contributed by atoms with Crippen molar-refractivity contribution in [1.82, 2.24) is 0 Å². The third-order valence-corrected chi connectivity index (χ3v) is 5.36. The Morgan fingerprint density at radius 1 is 1.08 bits per heavy atom. The van der Waals surface area contributed by atoms with Crippen LogP contribution >= 0.6 is 15.9 Å². The summed E-state index contributed by atoms with van der Waals surface area (Å²) in [6, 6.07) is 12.0. The number of hydrogen-bond donors (Lipinski definition) is 0. The number of ether oxygens (including phenoxy) is 2. The zero-order valence-electron chi connectivity index (χ0n) is 14.0. The molecule has 0 atom stereocenters. The highest BCUT2D eigenvalue weighted by atomic mass is 79.9. The number of rotatable bonds is 2. The summed E-state index contributed by atoms with van der Waals surface area (Å²) in [7, 11) is 1.84. The Kier molecular flexibility index (Phi) is 4.29. The summed E-state index contributed by atoms with van der Waals surface area (Å²) in [5.41, 5.74) is 3.12. The van der Waals surface area contributed by atoms with Gasteiger partial charge >= 0.3 is 0 Å². The summed E-state index contributed by atoms with van der Waals surface area (Å²) in [5, 5.41) is 0. The molecule has 0 N–H and O–H groups in total. The van der Waals surface area contributed by atoms with E-state index in [1.54, 1.807) is 4.90 Å². The number of anilines is 2. The van der Waals surface area contributed by atoms with Crippen LogP contribution in [0.4, 0.5) is 11.4 Å². The summed E-state index contributed by atoms with van der Waals surface area (Å²) in [6.07, 6.45) is 0.493. The zero-order valence-corrected chi connectivity index (χ0v) is 15.6. The summed E-state index contributed by atoms with van der Waals surface area (Å²) < 4.78 is 12.3. The van der Waals surface area contributed by atoms with Crippen molar-refractivity contribution in [2.75, 3.05) is 36.6 Å². The molecule has 4 rings (SSSR count). The highest BCUT2D eigenvalue weighted by Crippen LogP contribution is 2.38. The van der Waals surface area contributed by atoms with Crippen LogP contribution in [0, 0.1) is 0 Å². The minimum Gasteiger partial charge on any atom is -0.486 e. The number of carbonyl (C=O) groups is 1. The first kappa shape index (κ1) is 16.3. The molecule has 0 saturated heterocycles. The third kappa shape index (κ3) is 3.06. The van der Waals surface area contributed by atoms with E-state index in [2.05, 4.69) is 26.9 Å². The van der Waals surface area contributed by atoms with E-state index in [0.717, 1.165) is 32.9 Å². The summed E-state index contributed by atoms with van der Waals surface area (Å²) in [4.78, 5) is 16.3. The average Bonchev–Trinajstić information content (AvgIpc) is 2.75. The van der Waals surface area contributed by atoms with Gasteiger partial charge in [0.1, 0.15) is 13.2 Å². The lowest BCUT2D eigenvalue weighted by Gasteiger charge is -2.27. The summed E-state index contributed by atoms with van der Waals surface area (Å²) >= 11 is 3.65. The minimum absolute atomic E-state index is 0.135. The molecule has 25 heavy (non-hydrogen) atoms. The molecule has 2 aliphatic heterocycles. The second kappa shape index (κ2) is 6.59. The van der Waals surface area contributed by atoms with Crippen molar-refractivity contribution >= 4 is 33.2 Å². The molecule has 1 amide bonds. The maximum atomic E-state index is 12.3. The van der Waals surface area contributed by atoms with Gasteiger partial charge in [-0.15, -0.1) is 0 Å². The van der Waals surface area contributed by atoms with Crippen molar-refractivity contribution in [2.24, 2.45) is 0 Å². The predicted molar refractivity (Wildman–Crippen MR) is 101 cm³/mol. The van der Waals surface area contributed by atoms with E-state index in [4.69, 9.17) is 9.47 Å². The van der Waals surface area contributed by atoms with Gasteiger partial charge in [0.05, 0.1) is 11.4 Å². The number of nitrogens with zero attached hydrogens (tertiary/aromatic N) is 2. The fraction of sp³-hybridized carbons (Fsp3) is 0.316. The van der Waals surface area contributed by atoms with Crippen LogP contribution in [0.25, 0.3) is 0 Å². The Balaban J connectivity index is 1.69. The molecule has 0 saturated carbocycles. The van der Waals surface area contributed by atoms with Gasteiger partial charge in [0.25, 0.3) is 0 Å². The van der Waals surface area contributed by atoms with Crippen LogP contribution in [-0.2, 0) is 11.3 Å². The van der Waals surface area contributed by atoms with Gasteiger partial charge in [-0.1, -0.05) is 28.1 Å². The van der Waals surface area contributed by atoms with Crippen molar-refractivity contribution in [3.8, 4) is 11.5 Å². The molecule has 0 aromatic heterocycles. The zero-order chi connectivity index (χ0) is 17.4. The van der Waals surface area contributed by atoms with Crippen molar-refractivity contribution in [1.29, 1.82) is 0 Å². The molecule has 0 radical (unpaired) electrons. The Morgan fingerprint density at radius 2 is 1.76 bits per heavy atom. The fourth-order valence-electron chi connectivity index (χ4n) is 3.27. The standard InChI is InChI=1S/C19H19BrN2O3/c1-21-15-4-2-3-5-16(15)22(7-6-19(21)23)12-13-10-17-18(11-14(13)20)25-9-8-24-17/h2-5,10-11H,6-9,12H2,1H3. The maximum Gasteiger partial charge on any atom is 0.228 e. The largest absolute Gasteiger partial charge is 0.486 e. The van der Waals surface area contributed by atoms with Crippen LogP contribution in [0.15, 0.2) is 40.9 Å². The molecule has 2 heterocycles. The molecule has 130 valence electrons. The Bertz CT molecular complexity index is 824. The first-order valence-electron chi connectivity index (χ1n) is 8.32. The Labute approximate surface area is 155 Å². The lowest BCUT2D eigenvalue weighted by atomic mass is 10.1.